The number of imide groups is 1. The number of nitrogens with zero attached hydrogens (tertiary/aromatic N) is 2. The molecule has 1 aliphatic rings. The monoisotopic (exact) mass is 221 g/mol. The van der Waals surface area contributed by atoms with Crippen molar-refractivity contribution in [3.63, 3.8) is 0 Å². The van der Waals surface area contributed by atoms with Gasteiger partial charge in [0, 0.05) is 0 Å². The highest BCUT2D eigenvalue weighted by Crippen LogP contribution is 2.21. The van der Waals surface area contributed by atoms with Gasteiger partial charge >= 0.3 is 6.03 Å². The molecule has 0 radical (unpaired) electrons. The lowest BCUT2D eigenvalue weighted by molar-refractivity contribution is -0.124. The van der Waals surface area contributed by atoms with Crippen molar-refractivity contribution in [2.24, 2.45) is 5.84 Å². The van der Waals surface area contributed by atoms with Crippen LogP contribution in [0.4, 0.5) is 10.5 Å². The van der Waals surface area contributed by atoms with E-state index in [9.17, 15) is 14.7 Å². The van der Waals surface area contributed by atoms with Crippen LogP contribution in [-0.2, 0) is 4.79 Å². The third-order valence-corrected chi connectivity index (χ3v) is 2.35. The zero-order valence-corrected chi connectivity index (χ0v) is 8.41. The third kappa shape index (κ3) is 1.64. The number of anilines is 1. The molecule has 3 N–H and O–H groups in total. The van der Waals surface area contributed by atoms with E-state index in [4.69, 9.17) is 5.84 Å². The smallest absolute Gasteiger partial charge is 0.347 e. The number of carbonyl (C=O) groups excluding carboxylic acids is 2. The third-order valence-electron chi connectivity index (χ3n) is 2.35. The predicted molar refractivity (Wildman–Crippen MR) is 56.0 cm³/mol. The fourth-order valence-corrected chi connectivity index (χ4v) is 1.53. The van der Waals surface area contributed by atoms with Crippen LogP contribution in [0.5, 0.6) is 0 Å². The Hall–Kier alpha value is -1.92. The highest BCUT2D eigenvalue weighted by atomic mass is 16.3. The van der Waals surface area contributed by atoms with Crippen LogP contribution >= 0.6 is 0 Å². The Balaban J connectivity index is 2.34. The fraction of sp³-hybridized carbons (Fsp3) is 0.200. The van der Waals surface area contributed by atoms with Crippen molar-refractivity contribution >= 4 is 17.6 Å². The second-order valence-electron chi connectivity index (χ2n) is 3.44. The van der Waals surface area contributed by atoms with E-state index in [1.807, 2.05) is 0 Å². The molecule has 1 fully saturated rings. The Kier molecular flexibility index (Phi) is 2.59. The summed E-state index contributed by atoms with van der Waals surface area (Å²) in [4.78, 5) is 24.3. The van der Waals surface area contributed by atoms with E-state index in [1.54, 1.807) is 30.3 Å². The van der Waals surface area contributed by atoms with Gasteiger partial charge in [0.1, 0.15) is 0 Å². The molecule has 1 aromatic carbocycles. The van der Waals surface area contributed by atoms with E-state index in [1.165, 1.54) is 0 Å². The minimum atomic E-state index is -1.25. The molecule has 1 aromatic rings. The van der Waals surface area contributed by atoms with Gasteiger partial charge in [0.2, 0.25) is 5.91 Å². The Morgan fingerprint density at radius 1 is 1.25 bits per heavy atom. The molecule has 6 heteroatoms. The molecule has 1 aliphatic heterocycles. The number of hydrogen-bond donors (Lipinski definition) is 2. The molecule has 1 atom stereocenters. The standard InChI is InChI=1S/C10H11N3O3/c11-13-9(15)6-8(14)12(10(13)16)7-4-2-1-3-5-7/h1-5,9,15H,6,11H2. The zero-order valence-electron chi connectivity index (χ0n) is 8.41. The highest BCUT2D eigenvalue weighted by Gasteiger charge is 2.37. The Morgan fingerprint density at radius 2 is 1.88 bits per heavy atom. The van der Waals surface area contributed by atoms with Crippen LogP contribution in [0.15, 0.2) is 30.3 Å². The predicted octanol–water partition coefficient (Wildman–Crippen LogP) is 0.0374. The maximum atomic E-state index is 11.7. The normalized spacial score (nSPS) is 21.5. The number of aliphatic hydroxyl groups excluding tert-OH is 1. The molecule has 84 valence electrons. The quantitative estimate of drug-likeness (QED) is 0.517. The second kappa shape index (κ2) is 3.92. The summed E-state index contributed by atoms with van der Waals surface area (Å²) in [6.07, 6.45) is -1.45. The first kappa shape index (κ1) is 10.6. The Bertz CT molecular complexity index is 421. The number of para-hydroxylation sites is 1. The van der Waals surface area contributed by atoms with Gasteiger partial charge in [-0.1, -0.05) is 18.2 Å². The van der Waals surface area contributed by atoms with Gasteiger partial charge < -0.3 is 5.11 Å². The number of rotatable bonds is 1. The number of nitrogens with two attached hydrogens (primary N) is 1. The molecule has 0 aromatic heterocycles. The fourth-order valence-electron chi connectivity index (χ4n) is 1.53. The van der Waals surface area contributed by atoms with Crippen LogP contribution in [0.2, 0.25) is 0 Å². The molecule has 1 saturated heterocycles. The van der Waals surface area contributed by atoms with E-state index >= 15 is 0 Å². The first-order valence-corrected chi connectivity index (χ1v) is 4.75. The van der Waals surface area contributed by atoms with Gasteiger partial charge in [0.15, 0.2) is 6.23 Å². The summed E-state index contributed by atoms with van der Waals surface area (Å²) in [7, 11) is 0. The summed E-state index contributed by atoms with van der Waals surface area (Å²) in [6, 6.07) is 7.72. The first-order chi connectivity index (χ1) is 7.61. The Morgan fingerprint density at radius 3 is 2.50 bits per heavy atom. The van der Waals surface area contributed by atoms with Crippen molar-refractivity contribution in [2.45, 2.75) is 12.6 Å². The van der Waals surface area contributed by atoms with Crippen molar-refractivity contribution in [1.29, 1.82) is 0 Å². The molecule has 1 heterocycles. The van der Waals surface area contributed by atoms with Gasteiger partial charge in [-0.05, 0) is 12.1 Å². The summed E-state index contributed by atoms with van der Waals surface area (Å²) in [5.74, 6) is 4.88. The summed E-state index contributed by atoms with van der Waals surface area (Å²) >= 11 is 0. The zero-order chi connectivity index (χ0) is 11.7. The van der Waals surface area contributed by atoms with Crippen molar-refractivity contribution in [1.82, 2.24) is 5.01 Å². The lowest BCUT2D eigenvalue weighted by atomic mass is 10.2. The summed E-state index contributed by atoms with van der Waals surface area (Å²) in [5, 5.41) is 9.96. The maximum Gasteiger partial charge on any atom is 0.347 e. The van der Waals surface area contributed by atoms with E-state index in [2.05, 4.69) is 0 Å². The molecule has 3 amide bonds. The first-order valence-electron chi connectivity index (χ1n) is 4.75. The van der Waals surface area contributed by atoms with Gasteiger partial charge in [-0.25, -0.2) is 20.5 Å². The van der Waals surface area contributed by atoms with Crippen LogP contribution < -0.4 is 10.7 Å². The summed E-state index contributed by atoms with van der Waals surface area (Å²) in [6.45, 7) is 0. The van der Waals surface area contributed by atoms with Crippen molar-refractivity contribution in [2.75, 3.05) is 4.90 Å². The number of benzene rings is 1. The largest absolute Gasteiger partial charge is 0.371 e. The van der Waals surface area contributed by atoms with E-state index in [0.717, 1.165) is 4.90 Å². The van der Waals surface area contributed by atoms with Gasteiger partial charge in [-0.15, -0.1) is 0 Å². The van der Waals surface area contributed by atoms with Gasteiger partial charge in [-0.2, -0.15) is 0 Å². The molecule has 0 saturated carbocycles. The maximum absolute atomic E-state index is 11.7. The SMILES string of the molecule is NN1C(=O)N(c2ccccc2)C(=O)CC1O. The van der Waals surface area contributed by atoms with E-state index < -0.39 is 18.2 Å². The highest BCUT2D eigenvalue weighted by molar-refractivity contribution is 6.15. The van der Waals surface area contributed by atoms with E-state index in [-0.39, 0.29) is 6.42 Å². The van der Waals surface area contributed by atoms with Crippen molar-refractivity contribution in [3.8, 4) is 0 Å². The number of carbonyl (C=O) groups is 2. The molecule has 1 unspecified atom stereocenters. The molecular formula is C10H11N3O3. The lowest BCUT2D eigenvalue weighted by Gasteiger charge is -2.34. The summed E-state index contributed by atoms with van der Waals surface area (Å²) < 4.78 is 0. The van der Waals surface area contributed by atoms with Crippen LogP contribution in [0, 0.1) is 0 Å². The van der Waals surface area contributed by atoms with Gasteiger partial charge in [-0.3, -0.25) is 4.79 Å². The second-order valence-corrected chi connectivity index (χ2v) is 3.44. The molecule has 6 nitrogen and oxygen atoms in total. The average Bonchev–Trinajstić information content (AvgIpc) is 2.28. The molecule has 0 bridgehead atoms. The van der Waals surface area contributed by atoms with Crippen molar-refractivity contribution < 1.29 is 14.7 Å². The number of amides is 3. The topological polar surface area (TPSA) is 86.9 Å². The molecule has 0 spiro atoms. The minimum absolute atomic E-state index is 0.197. The van der Waals surface area contributed by atoms with Gasteiger partial charge in [0.05, 0.1) is 12.1 Å². The Labute approximate surface area is 91.8 Å². The molecule has 0 aliphatic carbocycles. The molecular weight excluding hydrogens is 210 g/mol. The number of aliphatic hydroxyl groups is 1. The van der Waals surface area contributed by atoms with Crippen LogP contribution in [0.3, 0.4) is 0 Å². The van der Waals surface area contributed by atoms with Crippen LogP contribution in [-0.4, -0.2) is 28.3 Å². The average molecular weight is 221 g/mol. The number of hydrogen-bond acceptors (Lipinski definition) is 4. The number of hydrazine groups is 1. The van der Waals surface area contributed by atoms with Crippen LogP contribution in [0.1, 0.15) is 6.42 Å². The summed E-state index contributed by atoms with van der Waals surface area (Å²) in [5.41, 5.74) is 0.444. The van der Waals surface area contributed by atoms with Crippen molar-refractivity contribution in [3.05, 3.63) is 30.3 Å². The van der Waals surface area contributed by atoms with Gasteiger partial charge in [0.25, 0.3) is 0 Å². The van der Waals surface area contributed by atoms with E-state index in [0.29, 0.717) is 10.7 Å². The minimum Gasteiger partial charge on any atom is -0.371 e. The van der Waals surface area contributed by atoms with Crippen LogP contribution in [0.25, 0.3) is 0 Å². The number of urea groups is 1. The molecule has 2 rings (SSSR count). The lowest BCUT2D eigenvalue weighted by Crippen LogP contribution is -2.60. The molecule has 16 heavy (non-hydrogen) atoms.